The van der Waals surface area contributed by atoms with Crippen LogP contribution in [-0.2, 0) is 4.79 Å². The first-order valence-electron chi connectivity index (χ1n) is 4.30. The Morgan fingerprint density at radius 1 is 1.46 bits per heavy atom. The van der Waals surface area contributed by atoms with Crippen LogP contribution in [0.5, 0.6) is 0 Å². The van der Waals surface area contributed by atoms with Crippen molar-refractivity contribution in [3.05, 3.63) is 22.3 Å². The summed E-state index contributed by atoms with van der Waals surface area (Å²) < 4.78 is 0. The van der Waals surface area contributed by atoms with Gasteiger partial charge in [0.1, 0.15) is 0 Å². The largest absolute Gasteiger partial charge is 0.345 e. The number of carbonyl (C=O) groups excluding carboxylic acids is 1. The molecule has 0 fully saturated rings. The van der Waals surface area contributed by atoms with Crippen molar-refractivity contribution in [1.29, 1.82) is 0 Å². The lowest BCUT2D eigenvalue weighted by atomic mass is 9.97. The molecule has 0 aromatic carbocycles. The van der Waals surface area contributed by atoms with E-state index in [1.54, 1.807) is 19.0 Å². The van der Waals surface area contributed by atoms with Crippen LogP contribution in [0.3, 0.4) is 0 Å². The van der Waals surface area contributed by atoms with E-state index in [9.17, 15) is 4.79 Å². The zero-order chi connectivity index (χ0) is 10.0. The van der Waals surface area contributed by atoms with Crippen molar-refractivity contribution in [3.63, 3.8) is 0 Å². The summed E-state index contributed by atoms with van der Waals surface area (Å²) >= 11 is 5.86. The van der Waals surface area contributed by atoms with Crippen LogP contribution < -0.4 is 0 Å². The lowest BCUT2D eigenvalue weighted by molar-refractivity contribution is -0.124. The van der Waals surface area contributed by atoms with Gasteiger partial charge in [-0.15, -0.1) is 0 Å². The van der Waals surface area contributed by atoms with Crippen molar-refractivity contribution in [2.75, 3.05) is 14.1 Å². The molecule has 0 saturated carbocycles. The highest BCUT2D eigenvalue weighted by molar-refractivity contribution is 6.30. The summed E-state index contributed by atoms with van der Waals surface area (Å²) in [7, 11) is 3.53. The van der Waals surface area contributed by atoms with Crippen LogP contribution in [0, 0.1) is 0 Å². The molecule has 3 heteroatoms. The molecule has 1 amide bonds. The van der Waals surface area contributed by atoms with Gasteiger partial charge in [-0.25, -0.2) is 0 Å². The van der Waals surface area contributed by atoms with E-state index in [0.29, 0.717) is 0 Å². The molecule has 0 aromatic heterocycles. The second-order valence-electron chi connectivity index (χ2n) is 3.45. The first-order valence-corrected chi connectivity index (χ1v) is 4.67. The number of hydrogen-bond acceptors (Lipinski definition) is 1. The molecule has 0 heterocycles. The maximum atomic E-state index is 11.6. The van der Waals surface area contributed by atoms with Gasteiger partial charge >= 0.3 is 0 Å². The van der Waals surface area contributed by atoms with Crippen LogP contribution in [-0.4, -0.2) is 24.9 Å². The molecule has 13 heavy (non-hydrogen) atoms. The van der Waals surface area contributed by atoms with Gasteiger partial charge in [0.25, 0.3) is 0 Å². The summed E-state index contributed by atoms with van der Waals surface area (Å²) in [5.74, 6) is 0.0953. The van der Waals surface area contributed by atoms with Gasteiger partial charge in [0.05, 0.1) is 0 Å². The Morgan fingerprint density at radius 2 is 2.08 bits per heavy atom. The Labute approximate surface area is 83.9 Å². The van der Waals surface area contributed by atoms with Crippen LogP contribution >= 0.6 is 11.6 Å². The molecule has 2 nitrogen and oxygen atoms in total. The van der Waals surface area contributed by atoms with E-state index in [1.165, 1.54) is 0 Å². The third-order valence-electron chi connectivity index (χ3n) is 2.13. The first kappa shape index (κ1) is 10.3. The number of halogens is 1. The minimum Gasteiger partial charge on any atom is -0.345 e. The van der Waals surface area contributed by atoms with Gasteiger partial charge < -0.3 is 4.90 Å². The Bertz CT molecular complexity index is 289. The summed E-state index contributed by atoms with van der Waals surface area (Å²) in [6.45, 7) is 1.93. The fraction of sp³-hybridized carbons (Fsp3) is 0.500. The Hall–Kier alpha value is -0.760. The molecular formula is C10H14ClNO. The Balaban J connectivity index is 2.92. The zero-order valence-corrected chi connectivity index (χ0v) is 8.98. The fourth-order valence-corrected chi connectivity index (χ4v) is 1.64. The normalized spacial score (nSPS) is 17.1. The number of likely N-dealkylation sites (N-methyl/N-ethyl adjacent to an activating group) is 1. The molecule has 0 unspecified atom stereocenters. The molecule has 0 bridgehead atoms. The third-order valence-corrected chi connectivity index (χ3v) is 2.43. The average Bonchev–Trinajstić information content (AvgIpc) is 2.03. The van der Waals surface area contributed by atoms with E-state index in [0.717, 1.165) is 29.0 Å². The van der Waals surface area contributed by atoms with Crippen molar-refractivity contribution in [3.8, 4) is 0 Å². The van der Waals surface area contributed by atoms with Crippen molar-refractivity contribution in [1.82, 2.24) is 4.90 Å². The highest BCUT2D eigenvalue weighted by Gasteiger charge is 2.17. The quantitative estimate of drug-likeness (QED) is 0.635. The van der Waals surface area contributed by atoms with E-state index in [2.05, 4.69) is 0 Å². The van der Waals surface area contributed by atoms with Crippen molar-refractivity contribution in [2.45, 2.75) is 19.8 Å². The topological polar surface area (TPSA) is 20.3 Å². The lowest BCUT2D eigenvalue weighted by Crippen LogP contribution is -2.24. The summed E-state index contributed by atoms with van der Waals surface area (Å²) in [4.78, 5) is 13.2. The van der Waals surface area contributed by atoms with Crippen LogP contribution in [0.4, 0.5) is 0 Å². The number of hydrogen-bond donors (Lipinski definition) is 0. The molecule has 1 aliphatic rings. The maximum absolute atomic E-state index is 11.6. The van der Waals surface area contributed by atoms with Crippen molar-refractivity contribution >= 4 is 17.5 Å². The number of allylic oxidation sites excluding steroid dienone is 3. The van der Waals surface area contributed by atoms with Crippen LogP contribution in [0.25, 0.3) is 0 Å². The molecule has 0 radical (unpaired) electrons. The molecular weight excluding hydrogens is 186 g/mol. The monoisotopic (exact) mass is 199 g/mol. The number of amides is 1. The summed E-state index contributed by atoms with van der Waals surface area (Å²) in [5.41, 5.74) is 1.88. The second kappa shape index (κ2) is 3.97. The van der Waals surface area contributed by atoms with Gasteiger partial charge in [0.2, 0.25) is 5.91 Å². The Morgan fingerprint density at radius 3 is 2.54 bits per heavy atom. The Kier molecular flexibility index (Phi) is 3.15. The predicted molar refractivity (Wildman–Crippen MR) is 54.6 cm³/mol. The van der Waals surface area contributed by atoms with Crippen LogP contribution in [0.15, 0.2) is 22.3 Å². The molecule has 0 N–H and O–H groups in total. The van der Waals surface area contributed by atoms with Gasteiger partial charge in [-0.3, -0.25) is 4.79 Å². The van der Waals surface area contributed by atoms with Gasteiger partial charge in [0, 0.05) is 24.7 Å². The van der Waals surface area contributed by atoms with E-state index in [1.807, 2.05) is 13.0 Å². The van der Waals surface area contributed by atoms with E-state index in [-0.39, 0.29) is 5.91 Å². The highest BCUT2D eigenvalue weighted by Crippen LogP contribution is 2.26. The number of rotatable bonds is 1. The molecule has 0 spiro atoms. The van der Waals surface area contributed by atoms with Gasteiger partial charge in [0.15, 0.2) is 0 Å². The van der Waals surface area contributed by atoms with E-state index < -0.39 is 0 Å². The minimum absolute atomic E-state index is 0.0953. The average molecular weight is 200 g/mol. The third kappa shape index (κ3) is 2.34. The minimum atomic E-state index is 0.0953. The van der Waals surface area contributed by atoms with Gasteiger partial charge in [-0.2, -0.15) is 0 Å². The standard InChI is InChI=1S/C10H14ClNO/c1-7-6-8(11)4-5-9(7)10(13)12(2)3/h6H,4-5H2,1-3H3. The first-order chi connectivity index (χ1) is 6.02. The van der Waals surface area contributed by atoms with Gasteiger partial charge in [-0.1, -0.05) is 11.6 Å². The molecule has 0 aliphatic heterocycles. The van der Waals surface area contributed by atoms with Crippen molar-refractivity contribution in [2.24, 2.45) is 0 Å². The highest BCUT2D eigenvalue weighted by atomic mass is 35.5. The fourth-order valence-electron chi connectivity index (χ4n) is 1.38. The molecule has 1 rings (SSSR count). The van der Waals surface area contributed by atoms with Crippen LogP contribution in [0.1, 0.15) is 19.8 Å². The lowest BCUT2D eigenvalue weighted by Gasteiger charge is -2.18. The number of carbonyl (C=O) groups is 1. The molecule has 1 aliphatic carbocycles. The zero-order valence-electron chi connectivity index (χ0n) is 8.22. The van der Waals surface area contributed by atoms with Crippen LogP contribution in [0.2, 0.25) is 0 Å². The smallest absolute Gasteiger partial charge is 0.249 e. The molecule has 0 atom stereocenters. The molecule has 0 saturated heterocycles. The molecule has 72 valence electrons. The summed E-state index contributed by atoms with van der Waals surface area (Å²) in [6.07, 6.45) is 3.42. The van der Waals surface area contributed by atoms with Gasteiger partial charge in [-0.05, 0) is 31.4 Å². The number of nitrogens with zero attached hydrogens (tertiary/aromatic N) is 1. The van der Waals surface area contributed by atoms with Crippen molar-refractivity contribution < 1.29 is 4.79 Å². The maximum Gasteiger partial charge on any atom is 0.249 e. The van der Waals surface area contributed by atoms with E-state index in [4.69, 9.17) is 11.6 Å². The summed E-state index contributed by atoms with van der Waals surface area (Å²) in [5, 5.41) is 0.841. The SMILES string of the molecule is CC1=C(C(=O)N(C)C)CCC(Cl)=C1. The predicted octanol–water partition coefficient (Wildman–Crippen LogP) is 2.31. The van der Waals surface area contributed by atoms with E-state index >= 15 is 0 Å². The summed E-state index contributed by atoms with van der Waals surface area (Å²) in [6, 6.07) is 0. The molecule has 0 aromatic rings. The second-order valence-corrected chi connectivity index (χ2v) is 3.94.